The molecule has 21 heavy (non-hydrogen) atoms. The Balaban J connectivity index is 1.73. The van der Waals surface area contributed by atoms with Gasteiger partial charge < -0.3 is 10.6 Å². The minimum atomic E-state index is 0.0922. The Kier molecular flexibility index (Phi) is 6.50. The van der Waals surface area contributed by atoms with E-state index in [0.717, 1.165) is 15.9 Å². The first-order chi connectivity index (χ1) is 10.2. The maximum Gasteiger partial charge on any atom is 0.230 e. The van der Waals surface area contributed by atoms with Crippen molar-refractivity contribution in [3.63, 3.8) is 0 Å². The van der Waals surface area contributed by atoms with Crippen molar-refractivity contribution >= 4 is 34.1 Å². The average molecular weight is 326 g/mol. The van der Waals surface area contributed by atoms with Crippen LogP contribution in [0.3, 0.4) is 0 Å². The van der Waals surface area contributed by atoms with Crippen molar-refractivity contribution in [1.82, 2.24) is 15.5 Å². The largest absolute Gasteiger partial charge is 0.357 e. The van der Waals surface area contributed by atoms with Crippen LogP contribution < -0.4 is 10.6 Å². The van der Waals surface area contributed by atoms with Crippen molar-refractivity contribution in [1.29, 1.82) is 0 Å². The van der Waals surface area contributed by atoms with Crippen LogP contribution >= 0.6 is 23.1 Å². The van der Waals surface area contributed by atoms with Crippen LogP contribution in [0.5, 0.6) is 0 Å². The zero-order chi connectivity index (χ0) is 15.1. The van der Waals surface area contributed by atoms with Crippen molar-refractivity contribution in [3.05, 3.63) is 12.7 Å². The fourth-order valence-corrected chi connectivity index (χ4v) is 3.98. The molecule has 1 heterocycles. The summed E-state index contributed by atoms with van der Waals surface area (Å²) in [6.45, 7) is 6.53. The number of nitrogens with one attached hydrogen (secondary N) is 2. The molecule has 2 N–H and O–H groups in total. The molecule has 0 unspecified atom stereocenters. The Hall–Kier alpha value is -1.08. The van der Waals surface area contributed by atoms with E-state index >= 15 is 0 Å². The van der Waals surface area contributed by atoms with Crippen LogP contribution in [-0.4, -0.2) is 34.4 Å². The molecule has 116 valence electrons. The fraction of sp³-hybridized carbons (Fsp3) is 0.643. The quantitative estimate of drug-likeness (QED) is 0.596. The molecule has 0 spiro atoms. The molecule has 2 rings (SSSR count). The predicted molar refractivity (Wildman–Crippen MR) is 88.9 cm³/mol. The zero-order valence-corrected chi connectivity index (χ0v) is 13.9. The van der Waals surface area contributed by atoms with Gasteiger partial charge in [0, 0.05) is 12.6 Å². The molecule has 1 amide bonds. The fourth-order valence-electron chi connectivity index (χ4n) is 2.41. The highest BCUT2D eigenvalue weighted by molar-refractivity contribution is 8.01. The Bertz CT molecular complexity index is 477. The molecule has 5 nitrogen and oxygen atoms in total. The summed E-state index contributed by atoms with van der Waals surface area (Å²) in [5, 5.41) is 15.1. The molecule has 7 heteroatoms. The van der Waals surface area contributed by atoms with Crippen molar-refractivity contribution in [3.8, 4) is 0 Å². The van der Waals surface area contributed by atoms with Gasteiger partial charge in [-0.3, -0.25) is 4.79 Å². The number of amides is 1. The summed E-state index contributed by atoms with van der Waals surface area (Å²) in [4.78, 5) is 12.0. The Labute approximate surface area is 134 Å². The van der Waals surface area contributed by atoms with Gasteiger partial charge in [0.15, 0.2) is 4.34 Å². The van der Waals surface area contributed by atoms with E-state index in [0.29, 0.717) is 24.3 Å². The summed E-state index contributed by atoms with van der Waals surface area (Å²) in [5.74, 6) is 1.08. The molecular formula is C14H22N4OS2. The van der Waals surface area contributed by atoms with E-state index < -0.39 is 0 Å². The number of anilines is 1. The van der Waals surface area contributed by atoms with Gasteiger partial charge in [0.2, 0.25) is 11.0 Å². The highest BCUT2D eigenvalue weighted by atomic mass is 32.2. The lowest BCUT2D eigenvalue weighted by Crippen LogP contribution is -2.41. The third-order valence-electron chi connectivity index (χ3n) is 3.59. The van der Waals surface area contributed by atoms with E-state index in [-0.39, 0.29) is 5.91 Å². The van der Waals surface area contributed by atoms with Gasteiger partial charge in [0.05, 0.1) is 5.75 Å². The van der Waals surface area contributed by atoms with Crippen LogP contribution in [0.1, 0.15) is 32.6 Å². The first-order valence-electron chi connectivity index (χ1n) is 7.29. The number of hydrogen-bond donors (Lipinski definition) is 2. The van der Waals surface area contributed by atoms with Crippen molar-refractivity contribution < 1.29 is 4.79 Å². The molecule has 1 saturated carbocycles. The summed E-state index contributed by atoms with van der Waals surface area (Å²) in [6, 6.07) is 0.339. The van der Waals surface area contributed by atoms with Gasteiger partial charge in [0.1, 0.15) is 0 Å². The first-order valence-corrected chi connectivity index (χ1v) is 9.09. The second-order valence-corrected chi connectivity index (χ2v) is 7.47. The summed E-state index contributed by atoms with van der Waals surface area (Å²) in [5.41, 5.74) is 0. The average Bonchev–Trinajstić information content (AvgIpc) is 2.93. The molecule has 1 aromatic rings. The van der Waals surface area contributed by atoms with Gasteiger partial charge in [-0.15, -0.1) is 16.8 Å². The topological polar surface area (TPSA) is 66.9 Å². The molecule has 1 aromatic heterocycles. The normalized spacial score (nSPS) is 21.8. The SMILES string of the molecule is C=CCNc1nnc(SCC(=O)N[C@H]2CCCC[C@H]2C)s1. The highest BCUT2D eigenvalue weighted by Gasteiger charge is 2.22. The molecule has 0 aliphatic heterocycles. The van der Waals surface area contributed by atoms with Crippen molar-refractivity contribution in [2.75, 3.05) is 17.6 Å². The van der Waals surface area contributed by atoms with E-state index in [1.165, 1.54) is 42.4 Å². The van der Waals surface area contributed by atoms with Gasteiger partial charge in [-0.1, -0.05) is 48.9 Å². The molecule has 2 atom stereocenters. The summed E-state index contributed by atoms with van der Waals surface area (Å²) < 4.78 is 0.813. The van der Waals surface area contributed by atoms with Gasteiger partial charge in [-0.25, -0.2) is 0 Å². The third-order valence-corrected chi connectivity index (χ3v) is 5.60. The number of aromatic nitrogens is 2. The van der Waals surface area contributed by atoms with E-state index in [4.69, 9.17) is 0 Å². The van der Waals surface area contributed by atoms with Gasteiger partial charge in [-0.2, -0.15) is 0 Å². The molecule has 0 bridgehead atoms. The predicted octanol–water partition coefficient (Wildman–Crippen LogP) is 2.92. The van der Waals surface area contributed by atoms with E-state index in [1.807, 2.05) is 0 Å². The van der Waals surface area contributed by atoms with Crippen molar-refractivity contribution in [2.45, 2.75) is 43.0 Å². The minimum absolute atomic E-state index is 0.0922. The Morgan fingerprint density at radius 2 is 2.29 bits per heavy atom. The zero-order valence-electron chi connectivity index (χ0n) is 12.3. The summed E-state index contributed by atoms with van der Waals surface area (Å²) in [6.07, 6.45) is 6.59. The van der Waals surface area contributed by atoms with Gasteiger partial charge >= 0.3 is 0 Å². The third kappa shape index (κ3) is 5.32. The first kappa shape index (κ1) is 16.3. The number of nitrogens with zero attached hydrogens (tertiary/aromatic N) is 2. The van der Waals surface area contributed by atoms with Crippen LogP contribution in [0.25, 0.3) is 0 Å². The van der Waals surface area contributed by atoms with Crippen LogP contribution in [0.2, 0.25) is 0 Å². The minimum Gasteiger partial charge on any atom is -0.357 e. The molecule has 1 fully saturated rings. The summed E-state index contributed by atoms with van der Waals surface area (Å²) >= 11 is 2.90. The van der Waals surface area contributed by atoms with Crippen LogP contribution in [0.15, 0.2) is 17.0 Å². The molecule has 0 aromatic carbocycles. The summed E-state index contributed by atoms with van der Waals surface area (Å²) in [7, 11) is 0. The van der Waals surface area contributed by atoms with E-state index in [1.54, 1.807) is 6.08 Å². The van der Waals surface area contributed by atoms with Crippen LogP contribution in [-0.2, 0) is 4.79 Å². The molecule has 0 radical (unpaired) electrons. The molecule has 1 aliphatic rings. The Morgan fingerprint density at radius 3 is 3.05 bits per heavy atom. The maximum absolute atomic E-state index is 12.0. The number of thioether (sulfide) groups is 1. The number of carbonyl (C=O) groups excluding carboxylic acids is 1. The smallest absolute Gasteiger partial charge is 0.230 e. The second-order valence-electron chi connectivity index (χ2n) is 5.27. The van der Waals surface area contributed by atoms with Crippen molar-refractivity contribution in [2.24, 2.45) is 5.92 Å². The lowest BCUT2D eigenvalue weighted by atomic mass is 9.86. The standard InChI is InChI=1S/C14H22N4OS2/c1-3-8-15-13-17-18-14(21-13)20-9-12(19)16-11-7-5-4-6-10(11)2/h3,10-11H,1,4-9H2,2H3,(H,15,17)(H,16,19)/t10-,11+/m1/s1. The van der Waals surface area contributed by atoms with Gasteiger partial charge in [0.25, 0.3) is 0 Å². The number of rotatable bonds is 7. The van der Waals surface area contributed by atoms with Gasteiger partial charge in [-0.05, 0) is 18.8 Å². The molecule has 1 aliphatic carbocycles. The van der Waals surface area contributed by atoms with E-state index in [2.05, 4.69) is 34.3 Å². The maximum atomic E-state index is 12.0. The highest BCUT2D eigenvalue weighted by Crippen LogP contribution is 2.26. The van der Waals surface area contributed by atoms with Crippen LogP contribution in [0.4, 0.5) is 5.13 Å². The van der Waals surface area contributed by atoms with E-state index in [9.17, 15) is 4.79 Å². The number of hydrogen-bond acceptors (Lipinski definition) is 6. The second kappa shape index (κ2) is 8.38. The molecule has 0 saturated heterocycles. The van der Waals surface area contributed by atoms with Crippen LogP contribution in [0, 0.1) is 5.92 Å². The monoisotopic (exact) mass is 326 g/mol. The molecular weight excluding hydrogens is 304 g/mol. The lowest BCUT2D eigenvalue weighted by Gasteiger charge is -2.29. The lowest BCUT2D eigenvalue weighted by molar-refractivity contribution is -0.119. The number of carbonyl (C=O) groups is 1. The Morgan fingerprint density at radius 1 is 1.48 bits per heavy atom.